The van der Waals surface area contributed by atoms with Crippen molar-refractivity contribution < 1.29 is 4.42 Å². The minimum absolute atomic E-state index is 0.220. The van der Waals surface area contributed by atoms with Crippen LogP contribution < -0.4 is 11.2 Å². The number of rotatable bonds is 2. The van der Waals surface area contributed by atoms with Gasteiger partial charge in [0.15, 0.2) is 11.2 Å². The van der Waals surface area contributed by atoms with Crippen LogP contribution in [0.2, 0.25) is 0 Å². The van der Waals surface area contributed by atoms with Crippen LogP contribution in [0.1, 0.15) is 28.1 Å². The SMILES string of the molecule is Cc1ccc(C)c(Cn2c(=O)c3c(nc4oc(C)c(C)n43)n(C)c2=O)c1. The highest BCUT2D eigenvalue weighted by Crippen LogP contribution is 2.19. The maximum Gasteiger partial charge on any atom is 0.332 e. The summed E-state index contributed by atoms with van der Waals surface area (Å²) in [5, 5.41) is 0. The maximum atomic E-state index is 13.2. The third-order valence-corrected chi connectivity index (χ3v) is 5.03. The summed E-state index contributed by atoms with van der Waals surface area (Å²) in [7, 11) is 1.62. The van der Waals surface area contributed by atoms with E-state index in [1.54, 1.807) is 11.4 Å². The second-order valence-electron chi connectivity index (χ2n) is 6.81. The van der Waals surface area contributed by atoms with E-state index in [2.05, 4.69) is 4.98 Å². The van der Waals surface area contributed by atoms with Gasteiger partial charge in [-0.1, -0.05) is 23.8 Å². The standard InChI is InChI=1S/C19H20N4O3/c1-10-6-7-11(2)14(8-10)9-22-17(24)15-16(21(5)19(22)25)20-18-23(15)12(3)13(4)26-18/h6-8H,9H2,1-5H3. The summed E-state index contributed by atoms with van der Waals surface area (Å²) >= 11 is 0. The molecule has 0 spiro atoms. The van der Waals surface area contributed by atoms with E-state index < -0.39 is 5.69 Å². The summed E-state index contributed by atoms with van der Waals surface area (Å²) in [5.74, 6) is 1.02. The van der Waals surface area contributed by atoms with Crippen LogP contribution in [0.5, 0.6) is 0 Å². The van der Waals surface area contributed by atoms with Crippen molar-refractivity contribution >= 4 is 17.0 Å². The molecule has 0 fully saturated rings. The molecule has 7 nitrogen and oxygen atoms in total. The molecule has 0 unspecified atom stereocenters. The van der Waals surface area contributed by atoms with Crippen LogP contribution in [0.25, 0.3) is 17.0 Å². The molecule has 4 aromatic rings. The molecule has 3 aromatic heterocycles. The van der Waals surface area contributed by atoms with E-state index in [1.807, 2.05) is 45.9 Å². The summed E-state index contributed by atoms with van der Waals surface area (Å²) in [6, 6.07) is 6.02. The highest BCUT2D eigenvalue weighted by Gasteiger charge is 2.21. The van der Waals surface area contributed by atoms with Crippen LogP contribution in [-0.2, 0) is 13.6 Å². The minimum atomic E-state index is -0.390. The van der Waals surface area contributed by atoms with E-state index in [0.29, 0.717) is 22.8 Å². The van der Waals surface area contributed by atoms with Crippen molar-refractivity contribution in [1.29, 1.82) is 0 Å². The molecule has 0 aliphatic rings. The van der Waals surface area contributed by atoms with Crippen LogP contribution >= 0.6 is 0 Å². The Morgan fingerprint density at radius 2 is 1.85 bits per heavy atom. The van der Waals surface area contributed by atoms with Crippen LogP contribution in [0.15, 0.2) is 32.2 Å². The number of aryl methyl sites for hydroxylation is 5. The Morgan fingerprint density at radius 3 is 2.58 bits per heavy atom. The molecule has 0 bridgehead atoms. The van der Waals surface area contributed by atoms with Crippen molar-refractivity contribution in [1.82, 2.24) is 18.5 Å². The van der Waals surface area contributed by atoms with Gasteiger partial charge in [-0.2, -0.15) is 4.98 Å². The fourth-order valence-electron chi connectivity index (χ4n) is 3.33. The maximum absolute atomic E-state index is 13.2. The van der Waals surface area contributed by atoms with E-state index in [0.717, 1.165) is 22.4 Å². The summed E-state index contributed by atoms with van der Waals surface area (Å²) in [6.45, 7) is 7.88. The highest BCUT2D eigenvalue weighted by molar-refractivity contribution is 5.75. The Balaban J connectivity index is 2.06. The van der Waals surface area contributed by atoms with Crippen molar-refractivity contribution in [2.24, 2.45) is 7.05 Å². The van der Waals surface area contributed by atoms with Gasteiger partial charge in [0.05, 0.1) is 12.2 Å². The monoisotopic (exact) mass is 352 g/mol. The van der Waals surface area contributed by atoms with Crippen molar-refractivity contribution in [3.63, 3.8) is 0 Å². The molecule has 0 aliphatic heterocycles. The molecule has 0 atom stereocenters. The second kappa shape index (κ2) is 5.45. The fourth-order valence-corrected chi connectivity index (χ4v) is 3.33. The van der Waals surface area contributed by atoms with Gasteiger partial charge in [0.1, 0.15) is 5.76 Å². The number of fused-ring (bicyclic) bond motifs is 3. The van der Waals surface area contributed by atoms with Gasteiger partial charge >= 0.3 is 11.5 Å². The molecule has 0 saturated carbocycles. The summed E-state index contributed by atoms with van der Waals surface area (Å²) in [5.41, 5.74) is 3.82. The summed E-state index contributed by atoms with van der Waals surface area (Å²) in [6.07, 6.45) is 0. The molecule has 0 N–H and O–H groups in total. The minimum Gasteiger partial charge on any atom is -0.428 e. The normalized spacial score (nSPS) is 11.7. The lowest BCUT2D eigenvalue weighted by molar-refractivity contribution is 0.561. The molecule has 0 radical (unpaired) electrons. The van der Waals surface area contributed by atoms with Crippen molar-refractivity contribution in [3.8, 4) is 0 Å². The predicted molar refractivity (Wildman–Crippen MR) is 99.0 cm³/mol. The number of nitrogens with zero attached hydrogens (tertiary/aromatic N) is 4. The quantitative estimate of drug-likeness (QED) is 0.554. The van der Waals surface area contributed by atoms with E-state index >= 15 is 0 Å². The smallest absolute Gasteiger partial charge is 0.332 e. The lowest BCUT2D eigenvalue weighted by Crippen LogP contribution is -2.39. The van der Waals surface area contributed by atoms with Crippen molar-refractivity contribution in [3.05, 3.63) is 67.2 Å². The Bertz CT molecular complexity index is 1300. The number of imidazole rings is 1. The summed E-state index contributed by atoms with van der Waals surface area (Å²) < 4.78 is 9.97. The van der Waals surface area contributed by atoms with Crippen LogP contribution in [0, 0.1) is 27.7 Å². The van der Waals surface area contributed by atoms with Crippen LogP contribution in [0.3, 0.4) is 0 Å². The number of hydrogen-bond donors (Lipinski definition) is 0. The van der Waals surface area contributed by atoms with E-state index in [4.69, 9.17) is 4.42 Å². The Hall–Kier alpha value is -3.09. The lowest BCUT2D eigenvalue weighted by atomic mass is 10.1. The van der Waals surface area contributed by atoms with E-state index in [1.165, 1.54) is 9.13 Å². The van der Waals surface area contributed by atoms with Gasteiger partial charge in [-0.05, 0) is 38.8 Å². The first-order valence-electron chi connectivity index (χ1n) is 8.43. The largest absolute Gasteiger partial charge is 0.428 e. The third-order valence-electron chi connectivity index (χ3n) is 5.03. The Labute approximate surface area is 149 Å². The van der Waals surface area contributed by atoms with Gasteiger partial charge < -0.3 is 4.42 Å². The first kappa shape index (κ1) is 16.4. The first-order valence-corrected chi connectivity index (χ1v) is 8.43. The zero-order valence-electron chi connectivity index (χ0n) is 15.5. The molecule has 134 valence electrons. The fraction of sp³-hybridized carbons (Fsp3) is 0.316. The molecule has 3 heterocycles. The zero-order chi connectivity index (χ0) is 18.7. The van der Waals surface area contributed by atoms with Gasteiger partial charge in [0.25, 0.3) is 5.56 Å². The number of aromatic nitrogens is 4. The van der Waals surface area contributed by atoms with E-state index in [-0.39, 0.29) is 12.1 Å². The zero-order valence-corrected chi connectivity index (χ0v) is 15.5. The molecule has 4 rings (SSSR count). The first-order chi connectivity index (χ1) is 12.3. The molecule has 0 amide bonds. The highest BCUT2D eigenvalue weighted by atomic mass is 16.4. The van der Waals surface area contributed by atoms with Gasteiger partial charge in [-0.15, -0.1) is 0 Å². The molecule has 0 saturated heterocycles. The number of benzene rings is 1. The average molecular weight is 352 g/mol. The van der Waals surface area contributed by atoms with Crippen LogP contribution in [0.4, 0.5) is 0 Å². The van der Waals surface area contributed by atoms with Gasteiger partial charge in [0, 0.05) is 7.05 Å². The third kappa shape index (κ3) is 2.16. The topological polar surface area (TPSA) is 74.4 Å². The Morgan fingerprint density at radius 1 is 1.12 bits per heavy atom. The van der Waals surface area contributed by atoms with Crippen molar-refractivity contribution in [2.75, 3.05) is 0 Å². The van der Waals surface area contributed by atoms with Crippen LogP contribution in [-0.4, -0.2) is 18.5 Å². The van der Waals surface area contributed by atoms with Gasteiger partial charge in [0.2, 0.25) is 0 Å². The number of oxazole rings is 1. The molecule has 0 aliphatic carbocycles. The van der Waals surface area contributed by atoms with Gasteiger partial charge in [-0.25, -0.2) is 4.79 Å². The molecule has 26 heavy (non-hydrogen) atoms. The molecular weight excluding hydrogens is 332 g/mol. The van der Waals surface area contributed by atoms with E-state index in [9.17, 15) is 9.59 Å². The lowest BCUT2D eigenvalue weighted by Gasteiger charge is -2.11. The summed E-state index contributed by atoms with van der Waals surface area (Å²) in [4.78, 5) is 30.3. The molecule has 1 aromatic carbocycles. The molecular formula is C19H20N4O3. The second-order valence-corrected chi connectivity index (χ2v) is 6.81. The van der Waals surface area contributed by atoms with Crippen molar-refractivity contribution in [2.45, 2.75) is 34.2 Å². The van der Waals surface area contributed by atoms with Gasteiger partial charge in [-0.3, -0.25) is 18.3 Å². The number of hydrogen-bond acceptors (Lipinski definition) is 4. The Kier molecular flexibility index (Phi) is 3.44. The average Bonchev–Trinajstić information content (AvgIpc) is 3.10. The predicted octanol–water partition coefficient (Wildman–Crippen LogP) is 2.22. The molecule has 7 heteroatoms.